The largest absolute Gasteiger partial charge is 0.427 e. The lowest BCUT2D eigenvalue weighted by Gasteiger charge is -2.44. The van der Waals surface area contributed by atoms with E-state index in [1.807, 2.05) is 13.8 Å². The van der Waals surface area contributed by atoms with Gasteiger partial charge in [-0.2, -0.15) is 0 Å². The standard InChI is InChI=1S/C24H32N4O7S/c1-23(2,3)22(33)35-13-34-21(32)17-24(4,5)36-20-15(19(31)28(17)20)26-18(30)16(27(6)25-12-29)14-10-8-7-9-11-14/h7-12,15-17,20H,13H2,1-6H3,(H,25,29)(H,26,30)/t15-,16+,17-,20+/m0/s1. The summed E-state index contributed by atoms with van der Waals surface area (Å²) in [7, 11) is 1.55. The Morgan fingerprint density at radius 1 is 1.19 bits per heavy atom. The number of esters is 2. The highest BCUT2D eigenvalue weighted by atomic mass is 32.2. The maximum absolute atomic E-state index is 13.2. The van der Waals surface area contributed by atoms with E-state index < -0.39 is 64.2 Å². The molecule has 2 N–H and O–H groups in total. The van der Waals surface area contributed by atoms with E-state index in [2.05, 4.69) is 10.7 Å². The molecule has 2 aliphatic heterocycles. The lowest BCUT2D eigenvalue weighted by Crippen LogP contribution is -2.71. The molecule has 2 fully saturated rings. The summed E-state index contributed by atoms with van der Waals surface area (Å²) < 4.78 is 9.48. The van der Waals surface area contributed by atoms with E-state index in [9.17, 15) is 24.0 Å². The number of carbonyl (C=O) groups is 5. The van der Waals surface area contributed by atoms with Crippen LogP contribution in [-0.4, -0.2) is 76.1 Å². The van der Waals surface area contributed by atoms with E-state index in [0.29, 0.717) is 12.0 Å². The van der Waals surface area contributed by atoms with Crippen LogP contribution in [0.5, 0.6) is 0 Å². The number of likely N-dealkylation sites (N-methyl/N-ethyl adjacent to an activating group) is 1. The van der Waals surface area contributed by atoms with Gasteiger partial charge in [-0.25, -0.2) is 9.80 Å². The van der Waals surface area contributed by atoms with Gasteiger partial charge in [0.15, 0.2) is 0 Å². The van der Waals surface area contributed by atoms with E-state index in [-0.39, 0.29) is 0 Å². The molecular formula is C24H32N4O7S. The summed E-state index contributed by atoms with van der Waals surface area (Å²) in [6, 6.07) is 6.19. The van der Waals surface area contributed by atoms with Crippen LogP contribution in [0.3, 0.4) is 0 Å². The third-order valence-corrected chi connectivity index (χ3v) is 7.54. The molecule has 196 valence electrons. The highest BCUT2D eigenvalue weighted by molar-refractivity contribution is 8.01. The lowest BCUT2D eigenvalue weighted by atomic mass is 9.95. The molecule has 1 aromatic rings. The van der Waals surface area contributed by atoms with Gasteiger partial charge < -0.3 is 19.7 Å². The summed E-state index contributed by atoms with van der Waals surface area (Å²) >= 11 is 1.37. The van der Waals surface area contributed by atoms with Crippen molar-refractivity contribution in [3.8, 4) is 0 Å². The Balaban J connectivity index is 1.68. The first-order chi connectivity index (χ1) is 16.8. The van der Waals surface area contributed by atoms with Crippen molar-refractivity contribution in [3.05, 3.63) is 35.9 Å². The van der Waals surface area contributed by atoms with Gasteiger partial charge in [-0.3, -0.25) is 24.6 Å². The molecule has 2 heterocycles. The Morgan fingerprint density at radius 2 is 1.83 bits per heavy atom. The average molecular weight is 521 g/mol. The quantitative estimate of drug-likeness (QED) is 0.160. The Labute approximate surface area is 214 Å². The van der Waals surface area contributed by atoms with Gasteiger partial charge in [0, 0.05) is 11.8 Å². The highest BCUT2D eigenvalue weighted by Gasteiger charge is 2.64. The fourth-order valence-electron chi connectivity index (χ4n) is 4.14. The summed E-state index contributed by atoms with van der Waals surface area (Å²) in [5.41, 5.74) is 2.34. The van der Waals surface area contributed by atoms with Crippen LogP contribution in [0, 0.1) is 5.41 Å². The van der Waals surface area contributed by atoms with Gasteiger partial charge in [0.25, 0.3) is 0 Å². The second-order valence-corrected chi connectivity index (χ2v) is 12.0. The van der Waals surface area contributed by atoms with Crippen molar-refractivity contribution in [1.29, 1.82) is 0 Å². The molecular weight excluding hydrogens is 488 g/mol. The molecule has 4 atom stereocenters. The van der Waals surface area contributed by atoms with Gasteiger partial charge in [0.1, 0.15) is 23.5 Å². The van der Waals surface area contributed by atoms with Crippen LogP contribution < -0.4 is 10.7 Å². The number of nitrogens with zero attached hydrogens (tertiary/aromatic N) is 2. The molecule has 0 unspecified atom stereocenters. The van der Waals surface area contributed by atoms with Crippen molar-refractivity contribution in [1.82, 2.24) is 20.7 Å². The second kappa shape index (κ2) is 10.5. The number of hydrogen-bond acceptors (Lipinski definition) is 9. The van der Waals surface area contributed by atoms with Gasteiger partial charge in [-0.1, -0.05) is 30.3 Å². The maximum Gasteiger partial charge on any atom is 0.333 e. The van der Waals surface area contributed by atoms with Crippen LogP contribution in [0.4, 0.5) is 0 Å². The van der Waals surface area contributed by atoms with E-state index in [1.165, 1.54) is 21.7 Å². The highest BCUT2D eigenvalue weighted by Crippen LogP contribution is 2.51. The van der Waals surface area contributed by atoms with E-state index in [0.717, 1.165) is 0 Å². The zero-order valence-electron chi connectivity index (χ0n) is 21.1. The molecule has 0 radical (unpaired) electrons. The molecule has 0 aromatic heterocycles. The van der Waals surface area contributed by atoms with Gasteiger partial charge in [0.2, 0.25) is 25.0 Å². The number of β-lactam (4-membered cyclic amide) rings is 1. The van der Waals surface area contributed by atoms with Crippen LogP contribution in [0.1, 0.15) is 46.2 Å². The number of hydrogen-bond donors (Lipinski definition) is 2. The fraction of sp³-hybridized carbons (Fsp3) is 0.542. The molecule has 2 saturated heterocycles. The van der Waals surface area contributed by atoms with Crippen molar-refractivity contribution >= 4 is 41.9 Å². The summed E-state index contributed by atoms with van der Waals surface area (Å²) in [4.78, 5) is 63.4. The van der Waals surface area contributed by atoms with E-state index in [1.54, 1.807) is 58.2 Å². The molecule has 12 heteroatoms. The SMILES string of the molecule is CN(NC=O)[C@@H](C(=O)N[C@H]1C(=O)N2[C@@H]1SC(C)(C)[C@@H]2C(=O)OCOC(=O)C(C)(C)C)c1ccccc1. The molecule has 3 amide bonds. The second-order valence-electron chi connectivity index (χ2n) is 10.2. The zero-order chi connectivity index (χ0) is 26.8. The number of rotatable bonds is 9. The summed E-state index contributed by atoms with van der Waals surface area (Å²) in [6.07, 6.45) is 0.462. The van der Waals surface area contributed by atoms with Crippen molar-refractivity contribution in [2.24, 2.45) is 5.41 Å². The molecule has 0 bridgehead atoms. The smallest absolute Gasteiger partial charge is 0.333 e. The monoisotopic (exact) mass is 520 g/mol. The minimum atomic E-state index is -0.911. The first-order valence-electron chi connectivity index (χ1n) is 11.4. The molecule has 1 aromatic carbocycles. The fourth-order valence-corrected chi connectivity index (χ4v) is 5.76. The normalized spacial score (nSPS) is 23.2. The minimum Gasteiger partial charge on any atom is -0.427 e. The average Bonchev–Trinajstić information content (AvgIpc) is 3.05. The number of thioether (sulfide) groups is 1. The van der Waals surface area contributed by atoms with Crippen LogP contribution >= 0.6 is 11.8 Å². The summed E-state index contributed by atoms with van der Waals surface area (Å²) in [5.74, 6) is -2.10. The van der Waals surface area contributed by atoms with Crippen LogP contribution in [-0.2, 0) is 33.4 Å². The molecule has 3 rings (SSSR count). The van der Waals surface area contributed by atoms with Gasteiger partial charge in [0.05, 0.1) is 5.41 Å². The molecule has 36 heavy (non-hydrogen) atoms. The predicted octanol–water partition coefficient (Wildman–Crippen LogP) is 0.958. The van der Waals surface area contributed by atoms with Gasteiger partial charge in [-0.15, -0.1) is 11.8 Å². The minimum absolute atomic E-state index is 0.419. The van der Waals surface area contributed by atoms with E-state index in [4.69, 9.17) is 9.47 Å². The summed E-state index contributed by atoms with van der Waals surface area (Å²) in [5, 5.41) is 3.65. The molecule has 11 nitrogen and oxygen atoms in total. The van der Waals surface area contributed by atoms with Crippen molar-refractivity contribution in [3.63, 3.8) is 0 Å². The van der Waals surface area contributed by atoms with Gasteiger partial charge >= 0.3 is 11.9 Å². The van der Waals surface area contributed by atoms with Crippen LogP contribution in [0.25, 0.3) is 0 Å². The first-order valence-corrected chi connectivity index (χ1v) is 12.3. The Hall–Kier alpha value is -3.12. The van der Waals surface area contributed by atoms with Crippen LogP contribution in [0.2, 0.25) is 0 Å². The molecule has 0 saturated carbocycles. The zero-order valence-corrected chi connectivity index (χ0v) is 22.0. The van der Waals surface area contributed by atoms with Crippen molar-refractivity contribution in [2.45, 2.75) is 62.9 Å². The molecule has 0 aliphatic carbocycles. The number of amides is 3. The first kappa shape index (κ1) is 27.5. The molecule has 2 aliphatic rings. The number of benzene rings is 1. The Morgan fingerprint density at radius 3 is 2.42 bits per heavy atom. The number of ether oxygens (including phenoxy) is 2. The number of carbonyl (C=O) groups excluding carboxylic acids is 5. The van der Waals surface area contributed by atoms with Crippen molar-refractivity contribution in [2.75, 3.05) is 13.8 Å². The third kappa shape index (κ3) is 5.49. The Bertz CT molecular complexity index is 1030. The summed E-state index contributed by atoms with van der Waals surface area (Å²) in [6.45, 7) is 8.11. The van der Waals surface area contributed by atoms with Gasteiger partial charge in [-0.05, 0) is 40.2 Å². The van der Waals surface area contributed by atoms with E-state index >= 15 is 0 Å². The Kier molecular flexibility index (Phi) is 7.99. The van der Waals surface area contributed by atoms with Crippen LogP contribution in [0.15, 0.2) is 30.3 Å². The maximum atomic E-state index is 13.2. The predicted molar refractivity (Wildman–Crippen MR) is 131 cm³/mol. The molecule has 0 spiro atoms. The topological polar surface area (TPSA) is 134 Å². The number of nitrogens with one attached hydrogen (secondary N) is 2. The van der Waals surface area contributed by atoms with Crippen molar-refractivity contribution < 1.29 is 33.4 Å². The lowest BCUT2D eigenvalue weighted by molar-refractivity contribution is -0.180. The number of hydrazine groups is 1. The third-order valence-electron chi connectivity index (χ3n) is 5.97. The number of fused-ring (bicyclic) bond motifs is 1.